The normalized spacial score (nSPS) is 10.8. The fourth-order valence-corrected chi connectivity index (χ4v) is 2.72. The Morgan fingerprint density at radius 3 is 2.23 bits per heavy atom. The van der Waals surface area contributed by atoms with Gasteiger partial charge in [0, 0.05) is 17.1 Å². The molecule has 1 aromatic heterocycles. The molecular formula is C19H20ClN3O3. The Kier molecular flexibility index (Phi) is 5.32. The van der Waals surface area contributed by atoms with Crippen molar-refractivity contribution in [2.24, 2.45) is 0 Å². The number of fused-ring (bicyclic) bond motifs is 1. The second-order valence-corrected chi connectivity index (χ2v) is 6.22. The lowest BCUT2D eigenvalue weighted by molar-refractivity contribution is 0.242. The highest BCUT2D eigenvalue weighted by Gasteiger charge is 2.13. The zero-order valence-corrected chi connectivity index (χ0v) is 15.8. The van der Waals surface area contributed by atoms with E-state index in [1.54, 1.807) is 20.3 Å². The van der Waals surface area contributed by atoms with Gasteiger partial charge in [-0.1, -0.05) is 0 Å². The maximum Gasteiger partial charge on any atom is 0.224 e. The van der Waals surface area contributed by atoms with Gasteiger partial charge in [0.25, 0.3) is 0 Å². The summed E-state index contributed by atoms with van der Waals surface area (Å²) >= 11 is 6.09. The van der Waals surface area contributed by atoms with Crippen LogP contribution in [0.3, 0.4) is 0 Å². The summed E-state index contributed by atoms with van der Waals surface area (Å²) in [6.45, 7) is 3.98. The second-order valence-electron chi connectivity index (χ2n) is 5.88. The fraction of sp³-hybridized carbons (Fsp3) is 0.263. The molecule has 0 aliphatic heterocycles. The lowest BCUT2D eigenvalue weighted by Gasteiger charge is -2.13. The van der Waals surface area contributed by atoms with Gasteiger partial charge >= 0.3 is 0 Å². The first-order valence-corrected chi connectivity index (χ1v) is 8.51. The maximum atomic E-state index is 6.09. The first-order valence-electron chi connectivity index (χ1n) is 8.13. The monoisotopic (exact) mass is 373 g/mol. The molecule has 26 heavy (non-hydrogen) atoms. The Labute approximate surface area is 157 Å². The van der Waals surface area contributed by atoms with Crippen molar-refractivity contribution in [2.45, 2.75) is 20.0 Å². The van der Waals surface area contributed by atoms with E-state index >= 15 is 0 Å². The van der Waals surface area contributed by atoms with Crippen LogP contribution in [-0.2, 0) is 0 Å². The van der Waals surface area contributed by atoms with Crippen LogP contribution in [0, 0.1) is 0 Å². The number of benzene rings is 2. The van der Waals surface area contributed by atoms with Gasteiger partial charge in [0.15, 0.2) is 11.5 Å². The molecule has 0 bridgehead atoms. The van der Waals surface area contributed by atoms with E-state index in [9.17, 15) is 0 Å². The summed E-state index contributed by atoms with van der Waals surface area (Å²) in [5, 5.41) is 4.19. The topological polar surface area (TPSA) is 65.5 Å². The Bertz CT molecular complexity index is 914. The molecule has 3 aromatic rings. The van der Waals surface area contributed by atoms with Crippen LogP contribution in [-0.4, -0.2) is 30.3 Å². The Morgan fingerprint density at radius 2 is 1.62 bits per heavy atom. The van der Waals surface area contributed by atoms with Crippen molar-refractivity contribution in [1.29, 1.82) is 0 Å². The van der Waals surface area contributed by atoms with Crippen molar-refractivity contribution in [2.75, 3.05) is 19.5 Å². The fourth-order valence-electron chi connectivity index (χ4n) is 2.55. The van der Waals surface area contributed by atoms with Crippen molar-refractivity contribution in [3.05, 3.63) is 41.7 Å². The number of nitrogens with zero attached hydrogens (tertiary/aromatic N) is 2. The molecule has 0 aliphatic rings. The average Bonchev–Trinajstić information content (AvgIpc) is 2.61. The van der Waals surface area contributed by atoms with Crippen LogP contribution < -0.4 is 19.5 Å². The summed E-state index contributed by atoms with van der Waals surface area (Å²) in [7, 11) is 3.16. The molecule has 1 heterocycles. The number of nitrogens with one attached hydrogen (secondary N) is 1. The molecule has 0 fully saturated rings. The number of hydrogen-bond acceptors (Lipinski definition) is 6. The first kappa shape index (κ1) is 18.1. The van der Waals surface area contributed by atoms with Gasteiger partial charge in [0.1, 0.15) is 11.6 Å². The number of halogens is 1. The molecule has 1 N–H and O–H groups in total. The lowest BCUT2D eigenvalue weighted by atomic mass is 10.2. The van der Waals surface area contributed by atoms with Crippen LogP contribution in [0.15, 0.2) is 36.4 Å². The van der Waals surface area contributed by atoms with Gasteiger partial charge in [-0.3, -0.25) is 0 Å². The highest BCUT2D eigenvalue weighted by molar-refractivity contribution is 6.28. The zero-order valence-electron chi connectivity index (χ0n) is 15.0. The van der Waals surface area contributed by atoms with Gasteiger partial charge in [-0.05, 0) is 55.8 Å². The Morgan fingerprint density at radius 1 is 0.962 bits per heavy atom. The van der Waals surface area contributed by atoms with Crippen molar-refractivity contribution in [3.8, 4) is 17.2 Å². The van der Waals surface area contributed by atoms with Gasteiger partial charge in [-0.15, -0.1) is 0 Å². The van der Waals surface area contributed by atoms with E-state index in [0.717, 1.165) is 16.8 Å². The number of aromatic nitrogens is 2. The minimum atomic E-state index is 0.126. The van der Waals surface area contributed by atoms with Gasteiger partial charge in [0.05, 0.1) is 25.8 Å². The van der Waals surface area contributed by atoms with Crippen molar-refractivity contribution < 1.29 is 14.2 Å². The molecule has 0 unspecified atom stereocenters. The lowest BCUT2D eigenvalue weighted by Crippen LogP contribution is -2.05. The molecule has 0 radical (unpaired) electrons. The number of anilines is 2. The molecule has 0 saturated heterocycles. The first-order chi connectivity index (χ1) is 12.5. The molecule has 0 saturated carbocycles. The van der Waals surface area contributed by atoms with Crippen molar-refractivity contribution in [3.63, 3.8) is 0 Å². The van der Waals surface area contributed by atoms with E-state index < -0.39 is 0 Å². The Hall–Kier alpha value is -2.73. The SMILES string of the molecule is COc1cc2nc(Cl)nc(Nc3ccc(OC(C)C)cc3)c2cc1OC. The van der Waals surface area contributed by atoms with Crippen molar-refractivity contribution >= 4 is 34.0 Å². The molecule has 0 atom stereocenters. The van der Waals surface area contributed by atoms with Crippen molar-refractivity contribution in [1.82, 2.24) is 9.97 Å². The Balaban J connectivity index is 1.98. The molecule has 7 heteroatoms. The highest BCUT2D eigenvalue weighted by Crippen LogP contribution is 2.35. The van der Waals surface area contributed by atoms with Gasteiger partial charge in [-0.2, -0.15) is 4.98 Å². The van der Waals surface area contributed by atoms with E-state index in [-0.39, 0.29) is 11.4 Å². The molecule has 0 aliphatic carbocycles. The van der Waals surface area contributed by atoms with E-state index in [2.05, 4.69) is 15.3 Å². The number of methoxy groups -OCH3 is 2. The third-order valence-electron chi connectivity index (χ3n) is 3.66. The second kappa shape index (κ2) is 7.66. The maximum absolute atomic E-state index is 6.09. The van der Waals surface area contributed by atoms with Crippen LogP contribution in [0.4, 0.5) is 11.5 Å². The van der Waals surface area contributed by atoms with Crippen LogP contribution in [0.2, 0.25) is 5.28 Å². The van der Waals surface area contributed by atoms with Gasteiger partial charge in [0.2, 0.25) is 5.28 Å². The third-order valence-corrected chi connectivity index (χ3v) is 3.83. The van der Waals surface area contributed by atoms with Crippen LogP contribution in [0.25, 0.3) is 10.9 Å². The summed E-state index contributed by atoms with van der Waals surface area (Å²) in [5.74, 6) is 2.56. The minimum absolute atomic E-state index is 0.126. The zero-order chi connectivity index (χ0) is 18.7. The summed E-state index contributed by atoms with van der Waals surface area (Å²) in [5.41, 5.74) is 1.51. The van der Waals surface area contributed by atoms with Crippen LogP contribution in [0.5, 0.6) is 17.2 Å². The standard InChI is InChI=1S/C19H20ClN3O3/c1-11(2)26-13-7-5-12(6-8-13)21-18-14-9-16(24-3)17(25-4)10-15(14)22-19(20)23-18/h5-11H,1-4H3,(H,21,22,23). The molecule has 6 nitrogen and oxygen atoms in total. The number of rotatable bonds is 6. The van der Waals surface area contributed by atoms with E-state index in [1.165, 1.54) is 0 Å². The van der Waals surface area contributed by atoms with E-state index in [1.807, 2.05) is 44.2 Å². The molecule has 0 spiro atoms. The highest BCUT2D eigenvalue weighted by atomic mass is 35.5. The molecule has 2 aromatic carbocycles. The molecule has 136 valence electrons. The number of hydrogen-bond donors (Lipinski definition) is 1. The number of ether oxygens (including phenoxy) is 3. The van der Waals surface area contributed by atoms with Gasteiger partial charge in [-0.25, -0.2) is 4.98 Å². The molecule has 0 amide bonds. The van der Waals surface area contributed by atoms with Crippen LogP contribution in [0.1, 0.15) is 13.8 Å². The van der Waals surface area contributed by atoms with Gasteiger partial charge < -0.3 is 19.5 Å². The van der Waals surface area contributed by atoms with Crippen LogP contribution >= 0.6 is 11.6 Å². The summed E-state index contributed by atoms with van der Waals surface area (Å²) < 4.78 is 16.4. The minimum Gasteiger partial charge on any atom is -0.493 e. The summed E-state index contributed by atoms with van der Waals surface area (Å²) in [6.07, 6.45) is 0.126. The smallest absolute Gasteiger partial charge is 0.224 e. The van der Waals surface area contributed by atoms with E-state index in [4.69, 9.17) is 25.8 Å². The summed E-state index contributed by atoms with van der Waals surface area (Å²) in [4.78, 5) is 8.58. The summed E-state index contributed by atoms with van der Waals surface area (Å²) in [6, 6.07) is 11.2. The molecular weight excluding hydrogens is 354 g/mol. The van der Waals surface area contributed by atoms with E-state index in [0.29, 0.717) is 22.8 Å². The molecule has 3 rings (SSSR count). The third kappa shape index (κ3) is 3.91. The quantitative estimate of drug-likeness (QED) is 0.624. The predicted molar refractivity (Wildman–Crippen MR) is 103 cm³/mol. The average molecular weight is 374 g/mol. The predicted octanol–water partition coefficient (Wildman–Crippen LogP) is 4.83. The largest absolute Gasteiger partial charge is 0.493 e.